The van der Waals surface area contributed by atoms with Crippen molar-refractivity contribution in [1.29, 1.82) is 0 Å². The molecule has 0 saturated carbocycles. The van der Waals surface area contributed by atoms with Crippen LogP contribution in [0, 0.1) is 6.92 Å². The molecule has 0 aromatic carbocycles. The van der Waals surface area contributed by atoms with Crippen LogP contribution in [-0.4, -0.2) is 23.2 Å². The second-order valence-electron chi connectivity index (χ2n) is 3.47. The molecule has 2 aromatic heterocycles. The third-order valence-corrected chi connectivity index (χ3v) is 4.75. The van der Waals surface area contributed by atoms with Gasteiger partial charge in [0.1, 0.15) is 0 Å². The van der Waals surface area contributed by atoms with E-state index in [0.717, 1.165) is 5.56 Å². The molecule has 92 valence electrons. The topological polar surface area (TPSA) is 90.9 Å². The van der Waals surface area contributed by atoms with E-state index in [4.69, 9.17) is 16.7 Å². The van der Waals surface area contributed by atoms with E-state index >= 15 is 0 Å². The van der Waals surface area contributed by atoms with Crippen LogP contribution in [0.5, 0.6) is 0 Å². The number of primary sulfonamides is 1. The summed E-state index contributed by atoms with van der Waals surface area (Å²) in [6.07, 6.45) is 0. The predicted molar refractivity (Wildman–Crippen MR) is 65.4 cm³/mol. The number of hydrogen-bond acceptors (Lipinski definition) is 5. The number of aryl methyl sites for hydroxylation is 1. The highest BCUT2D eigenvalue weighted by atomic mass is 35.5. The van der Waals surface area contributed by atoms with Gasteiger partial charge in [0.05, 0.1) is 9.90 Å². The van der Waals surface area contributed by atoms with Crippen LogP contribution < -0.4 is 5.14 Å². The maximum atomic E-state index is 11.2. The van der Waals surface area contributed by atoms with Crippen molar-refractivity contribution in [3.05, 3.63) is 16.0 Å². The van der Waals surface area contributed by atoms with E-state index in [1.165, 1.54) is 23.0 Å². The van der Waals surface area contributed by atoms with Crippen molar-refractivity contribution >= 4 is 33.0 Å². The van der Waals surface area contributed by atoms with E-state index in [2.05, 4.69) is 10.2 Å². The zero-order valence-corrected chi connectivity index (χ0v) is 11.4. The molecule has 0 saturated heterocycles. The largest absolute Gasteiger partial charge is 0.299 e. The van der Waals surface area contributed by atoms with Gasteiger partial charge < -0.3 is 0 Å². The molecule has 2 heterocycles. The van der Waals surface area contributed by atoms with Crippen LogP contribution >= 0.6 is 22.9 Å². The molecule has 0 spiro atoms. The van der Waals surface area contributed by atoms with E-state index < -0.39 is 10.0 Å². The summed E-state index contributed by atoms with van der Waals surface area (Å²) in [4.78, 5) is 0.675. The van der Waals surface area contributed by atoms with Crippen molar-refractivity contribution in [3.63, 3.8) is 0 Å². The van der Waals surface area contributed by atoms with E-state index in [1.54, 1.807) is 0 Å². The minimum Gasteiger partial charge on any atom is -0.299 e. The standard InChI is InChI=1S/C8H9ClN4O2S2/c1-4-3-16-6(5(4)9)7-11-12-8(13(7)2)17(10,14)15/h3H,1-2H3,(H2,10,14,15). The average Bonchev–Trinajstić information content (AvgIpc) is 2.72. The Bertz CT molecular complexity index is 674. The van der Waals surface area contributed by atoms with Crippen LogP contribution in [0.15, 0.2) is 10.5 Å². The molecule has 17 heavy (non-hydrogen) atoms. The molecule has 2 rings (SSSR count). The number of rotatable bonds is 2. The summed E-state index contributed by atoms with van der Waals surface area (Å²) in [6, 6.07) is 0. The van der Waals surface area contributed by atoms with E-state index in [9.17, 15) is 8.42 Å². The normalized spacial score (nSPS) is 12.0. The molecule has 6 nitrogen and oxygen atoms in total. The maximum absolute atomic E-state index is 11.2. The Balaban J connectivity index is 2.64. The van der Waals surface area contributed by atoms with E-state index in [0.29, 0.717) is 15.7 Å². The molecule has 0 bridgehead atoms. The monoisotopic (exact) mass is 292 g/mol. The molecular weight excluding hydrogens is 284 g/mol. The Morgan fingerprint density at radius 2 is 2.12 bits per heavy atom. The molecule has 9 heteroatoms. The Kier molecular flexibility index (Phi) is 2.98. The van der Waals surface area contributed by atoms with Crippen LogP contribution in [0.3, 0.4) is 0 Å². The first-order valence-electron chi connectivity index (χ1n) is 4.48. The van der Waals surface area contributed by atoms with Crippen LogP contribution in [0.25, 0.3) is 10.7 Å². The molecule has 0 aliphatic rings. The summed E-state index contributed by atoms with van der Waals surface area (Å²) >= 11 is 7.46. The highest BCUT2D eigenvalue weighted by Gasteiger charge is 2.22. The van der Waals surface area contributed by atoms with Crippen molar-refractivity contribution in [2.45, 2.75) is 12.1 Å². The van der Waals surface area contributed by atoms with Crippen molar-refractivity contribution in [2.24, 2.45) is 12.2 Å². The van der Waals surface area contributed by atoms with Gasteiger partial charge in [-0.05, 0) is 17.9 Å². The lowest BCUT2D eigenvalue weighted by atomic mass is 10.3. The number of nitrogens with zero attached hydrogens (tertiary/aromatic N) is 3. The van der Waals surface area contributed by atoms with Crippen molar-refractivity contribution in [1.82, 2.24) is 14.8 Å². The lowest BCUT2D eigenvalue weighted by molar-refractivity contribution is 0.580. The predicted octanol–water partition coefficient (Wildman–Crippen LogP) is 1.15. The Morgan fingerprint density at radius 1 is 1.47 bits per heavy atom. The molecule has 0 unspecified atom stereocenters. The van der Waals surface area contributed by atoms with Crippen molar-refractivity contribution in [3.8, 4) is 10.7 Å². The highest BCUT2D eigenvalue weighted by molar-refractivity contribution is 7.89. The van der Waals surface area contributed by atoms with Gasteiger partial charge in [0.25, 0.3) is 15.2 Å². The summed E-state index contributed by atoms with van der Waals surface area (Å²) in [7, 11) is -2.35. The minimum atomic E-state index is -3.88. The fraction of sp³-hybridized carbons (Fsp3) is 0.250. The van der Waals surface area contributed by atoms with Crippen molar-refractivity contribution in [2.75, 3.05) is 0 Å². The fourth-order valence-electron chi connectivity index (χ4n) is 1.34. The van der Waals surface area contributed by atoms with Gasteiger partial charge in [0, 0.05) is 7.05 Å². The molecule has 0 aliphatic carbocycles. The second-order valence-corrected chi connectivity index (χ2v) is 6.18. The van der Waals surface area contributed by atoms with Gasteiger partial charge in [0.2, 0.25) is 0 Å². The fourth-order valence-corrected chi connectivity index (χ4v) is 3.26. The van der Waals surface area contributed by atoms with Crippen LogP contribution in [-0.2, 0) is 17.1 Å². The Morgan fingerprint density at radius 3 is 2.53 bits per heavy atom. The summed E-state index contributed by atoms with van der Waals surface area (Å²) in [5.41, 5.74) is 0.909. The lowest BCUT2D eigenvalue weighted by Crippen LogP contribution is -2.17. The molecule has 2 aromatic rings. The molecule has 0 atom stereocenters. The number of sulfonamides is 1. The zero-order valence-electron chi connectivity index (χ0n) is 9.01. The van der Waals surface area contributed by atoms with E-state index in [-0.39, 0.29) is 5.16 Å². The zero-order chi connectivity index (χ0) is 12.8. The van der Waals surface area contributed by atoms with Crippen LogP contribution in [0.4, 0.5) is 0 Å². The minimum absolute atomic E-state index is 0.283. The third-order valence-electron chi connectivity index (χ3n) is 2.19. The number of nitrogens with two attached hydrogens (primary N) is 1. The first-order chi connectivity index (χ1) is 7.82. The number of aromatic nitrogens is 3. The average molecular weight is 293 g/mol. The second kappa shape index (κ2) is 4.05. The quantitative estimate of drug-likeness (QED) is 0.899. The number of halogens is 1. The highest BCUT2D eigenvalue weighted by Crippen LogP contribution is 2.35. The van der Waals surface area contributed by atoms with Gasteiger partial charge in [-0.15, -0.1) is 21.5 Å². The maximum Gasteiger partial charge on any atom is 0.273 e. The van der Waals surface area contributed by atoms with Gasteiger partial charge >= 0.3 is 0 Å². The van der Waals surface area contributed by atoms with Gasteiger partial charge in [0.15, 0.2) is 5.82 Å². The van der Waals surface area contributed by atoms with E-state index in [1.807, 2.05) is 12.3 Å². The first-order valence-corrected chi connectivity index (χ1v) is 7.29. The van der Waals surface area contributed by atoms with Crippen LogP contribution in [0.2, 0.25) is 5.02 Å². The molecule has 0 radical (unpaired) electrons. The summed E-state index contributed by atoms with van der Waals surface area (Å²) < 4.78 is 23.7. The number of thiophene rings is 1. The molecule has 0 fully saturated rings. The van der Waals surface area contributed by atoms with Gasteiger partial charge in [-0.2, -0.15) is 0 Å². The van der Waals surface area contributed by atoms with Gasteiger partial charge in [-0.3, -0.25) is 4.57 Å². The first kappa shape index (κ1) is 12.5. The SMILES string of the molecule is Cc1csc(-c2nnc(S(N)(=O)=O)n2C)c1Cl. The lowest BCUT2D eigenvalue weighted by Gasteiger charge is -2.00. The van der Waals surface area contributed by atoms with Crippen molar-refractivity contribution < 1.29 is 8.42 Å². The summed E-state index contributed by atoms with van der Waals surface area (Å²) in [5, 5.41) is 14.5. The number of hydrogen-bond donors (Lipinski definition) is 1. The van der Waals surface area contributed by atoms with Gasteiger partial charge in [-0.25, -0.2) is 13.6 Å². The smallest absolute Gasteiger partial charge is 0.273 e. The molecule has 0 amide bonds. The third kappa shape index (κ3) is 2.08. The molecule has 0 aliphatic heterocycles. The van der Waals surface area contributed by atoms with Crippen LogP contribution in [0.1, 0.15) is 5.56 Å². The Hall–Kier alpha value is -0.960. The summed E-state index contributed by atoms with van der Waals surface area (Å²) in [6.45, 7) is 1.86. The Labute approximate surface area is 107 Å². The molecular formula is C8H9ClN4O2S2. The van der Waals surface area contributed by atoms with Gasteiger partial charge in [-0.1, -0.05) is 11.6 Å². The molecule has 2 N–H and O–H groups in total. The summed E-state index contributed by atoms with van der Waals surface area (Å²) in [5.74, 6) is 0.386.